The molecule has 0 saturated carbocycles. The molecule has 11 nitrogen and oxygen atoms in total. The fourth-order valence-electron chi connectivity index (χ4n) is 4.56. The Morgan fingerprint density at radius 1 is 1.05 bits per heavy atom. The normalized spacial score (nSPS) is 14.9. The Morgan fingerprint density at radius 3 is 2.68 bits per heavy atom. The van der Waals surface area contributed by atoms with Crippen molar-refractivity contribution in [3.8, 4) is 5.69 Å². The topological polar surface area (TPSA) is 103 Å². The van der Waals surface area contributed by atoms with Crippen LogP contribution < -0.4 is 10.4 Å². The minimum atomic E-state index is -0.850. The van der Waals surface area contributed by atoms with Gasteiger partial charge in [0.1, 0.15) is 11.9 Å². The van der Waals surface area contributed by atoms with E-state index in [1.54, 1.807) is 47.3 Å². The summed E-state index contributed by atoms with van der Waals surface area (Å²) in [6.07, 6.45) is 3.58. The van der Waals surface area contributed by atoms with Crippen molar-refractivity contribution in [1.82, 2.24) is 29.8 Å². The Labute approximate surface area is 243 Å². The van der Waals surface area contributed by atoms with Crippen LogP contribution in [0.15, 0.2) is 73.1 Å². The molecule has 41 heavy (non-hydrogen) atoms. The summed E-state index contributed by atoms with van der Waals surface area (Å²) in [4.78, 5) is 25.7. The Hall–Kier alpha value is -4.07. The predicted octanol–water partition coefficient (Wildman–Crippen LogP) is 4.75. The molecule has 1 aliphatic heterocycles. The van der Waals surface area contributed by atoms with E-state index in [4.69, 9.17) is 32.9 Å². The molecule has 1 atom stereocenters. The van der Waals surface area contributed by atoms with Crippen molar-refractivity contribution in [1.29, 1.82) is 0 Å². The maximum absolute atomic E-state index is 14.0. The lowest BCUT2D eigenvalue weighted by Crippen LogP contribution is -2.52. The van der Waals surface area contributed by atoms with Crippen LogP contribution in [0.2, 0.25) is 10.2 Å². The van der Waals surface area contributed by atoms with Crippen LogP contribution in [0.1, 0.15) is 5.56 Å². The molecular formula is C27H23Cl2FN8O3. The zero-order valence-electron chi connectivity index (χ0n) is 21.6. The van der Waals surface area contributed by atoms with Gasteiger partial charge < -0.3 is 5.32 Å². The van der Waals surface area contributed by atoms with Crippen molar-refractivity contribution in [2.45, 2.75) is 12.5 Å². The van der Waals surface area contributed by atoms with Gasteiger partial charge in [0, 0.05) is 29.3 Å². The number of aryl methyl sites for hydroxylation is 1. The number of aromatic nitrogens is 5. The van der Waals surface area contributed by atoms with Crippen molar-refractivity contribution in [3.63, 3.8) is 0 Å². The van der Waals surface area contributed by atoms with Crippen molar-refractivity contribution in [2.75, 3.05) is 23.8 Å². The van der Waals surface area contributed by atoms with Gasteiger partial charge in [-0.05, 0) is 60.5 Å². The number of carbonyl (C=O) groups excluding carboxylic acids is 1. The number of hydrogen-bond acceptors (Lipinski definition) is 8. The van der Waals surface area contributed by atoms with Gasteiger partial charge in [-0.2, -0.15) is 5.10 Å². The number of nitrogens with one attached hydrogen (secondary N) is 1. The number of rotatable bonds is 7. The van der Waals surface area contributed by atoms with Crippen LogP contribution >= 0.6 is 23.2 Å². The summed E-state index contributed by atoms with van der Waals surface area (Å²) in [6, 6.07) is 15.8. The predicted molar refractivity (Wildman–Crippen MR) is 151 cm³/mol. The minimum Gasteiger partial charge on any atom is -0.325 e. The van der Waals surface area contributed by atoms with Gasteiger partial charge in [-0.15, -0.1) is 10.2 Å². The fraction of sp³-hybridized carbons (Fsp3) is 0.185. The fourth-order valence-corrected chi connectivity index (χ4v) is 4.86. The molecule has 210 valence electrons. The Balaban J connectivity index is 1.23. The maximum Gasteiger partial charge on any atom is 0.244 e. The van der Waals surface area contributed by atoms with Crippen LogP contribution in [0.3, 0.4) is 0 Å². The molecule has 1 amide bonds. The molecule has 1 unspecified atom stereocenters. The molecule has 14 heteroatoms. The third-order valence-electron chi connectivity index (χ3n) is 6.45. The summed E-state index contributed by atoms with van der Waals surface area (Å²) in [5, 5.41) is 19.6. The highest BCUT2D eigenvalue weighted by Gasteiger charge is 2.33. The average Bonchev–Trinajstić information content (AvgIpc) is 3.55. The van der Waals surface area contributed by atoms with Gasteiger partial charge in [-0.1, -0.05) is 40.5 Å². The molecule has 1 aliphatic rings. The van der Waals surface area contributed by atoms with Gasteiger partial charge in [0.25, 0.3) is 0 Å². The molecule has 1 saturated heterocycles. The highest BCUT2D eigenvalue weighted by molar-refractivity contribution is 6.31. The van der Waals surface area contributed by atoms with Gasteiger partial charge in [0.2, 0.25) is 5.91 Å². The van der Waals surface area contributed by atoms with Gasteiger partial charge >= 0.3 is 0 Å². The second-order valence-corrected chi connectivity index (χ2v) is 10.2. The molecule has 6 rings (SSSR count). The molecule has 1 N–H and O–H groups in total. The third-order valence-corrected chi connectivity index (χ3v) is 6.86. The summed E-state index contributed by atoms with van der Waals surface area (Å²) >= 11 is 12.2. The monoisotopic (exact) mass is 596 g/mol. The number of amides is 1. The molecule has 0 aliphatic carbocycles. The van der Waals surface area contributed by atoms with E-state index in [0.29, 0.717) is 27.6 Å². The lowest BCUT2D eigenvalue weighted by Gasteiger charge is -2.38. The standard InChI is InChI=1S/C27H23Cl2FN8O3/c1-35-13-18-11-21(6-7-22(18)33-35)31-27(39)25(10-17-3-2-4-20(30)9-17)38-16-40-37(15-41-38)24-12-19(28)5-8-23(24)36-14-26(29)32-34-36/h2-9,11-14,25H,10,15-16H2,1H3,(H,31,39). The number of carbonyl (C=O) groups is 1. The van der Waals surface area contributed by atoms with Gasteiger partial charge in [0.05, 0.1) is 23.1 Å². The zero-order valence-corrected chi connectivity index (χ0v) is 23.1. The van der Waals surface area contributed by atoms with Crippen molar-refractivity contribution in [3.05, 3.63) is 94.6 Å². The van der Waals surface area contributed by atoms with Crippen LogP contribution in [0.5, 0.6) is 0 Å². The summed E-state index contributed by atoms with van der Waals surface area (Å²) in [7, 11) is 1.83. The molecule has 2 aromatic heterocycles. The van der Waals surface area contributed by atoms with Crippen LogP contribution in [0.25, 0.3) is 16.6 Å². The number of halogens is 3. The highest BCUT2D eigenvalue weighted by Crippen LogP contribution is 2.30. The Kier molecular flexibility index (Phi) is 7.56. The number of anilines is 2. The van der Waals surface area contributed by atoms with Gasteiger partial charge in [-0.3, -0.25) is 19.2 Å². The molecule has 1 fully saturated rings. The average molecular weight is 597 g/mol. The molecule has 0 radical (unpaired) electrons. The van der Waals surface area contributed by atoms with E-state index in [9.17, 15) is 9.18 Å². The second kappa shape index (κ2) is 11.4. The van der Waals surface area contributed by atoms with Crippen molar-refractivity contribution in [2.24, 2.45) is 7.05 Å². The number of hydrogen-bond donors (Lipinski definition) is 1. The smallest absolute Gasteiger partial charge is 0.244 e. The molecule has 3 aromatic carbocycles. The highest BCUT2D eigenvalue weighted by atomic mass is 35.5. The summed E-state index contributed by atoms with van der Waals surface area (Å²) in [6.45, 7) is -0.191. The molecule has 3 heterocycles. The first-order valence-corrected chi connectivity index (χ1v) is 13.2. The number of nitrogens with zero attached hydrogens (tertiary/aromatic N) is 7. The first-order chi connectivity index (χ1) is 19.8. The minimum absolute atomic E-state index is 0.0790. The third kappa shape index (κ3) is 6.01. The number of hydroxylamine groups is 3. The van der Waals surface area contributed by atoms with E-state index < -0.39 is 11.9 Å². The Morgan fingerprint density at radius 2 is 1.93 bits per heavy atom. The number of fused-ring (bicyclic) bond motifs is 1. The van der Waals surface area contributed by atoms with Crippen LogP contribution in [-0.4, -0.2) is 55.2 Å². The van der Waals surface area contributed by atoms with Crippen molar-refractivity contribution < 1.29 is 18.9 Å². The SMILES string of the molecule is Cn1cc2cc(NC(=O)C(Cc3cccc(F)c3)N3CON(c4cc(Cl)ccc4-n4cc(Cl)nn4)CO3)ccc2n1. The van der Waals surface area contributed by atoms with Crippen LogP contribution in [0, 0.1) is 5.82 Å². The molecule has 0 bridgehead atoms. The quantitative estimate of drug-likeness (QED) is 0.287. The van der Waals surface area contributed by atoms with E-state index in [0.717, 1.165) is 10.9 Å². The maximum atomic E-state index is 14.0. The van der Waals surface area contributed by atoms with Crippen LogP contribution in [-0.2, 0) is 27.9 Å². The van der Waals surface area contributed by atoms with E-state index in [2.05, 4.69) is 20.7 Å². The van der Waals surface area contributed by atoms with Gasteiger partial charge in [-0.25, -0.2) is 14.1 Å². The molecule has 5 aromatic rings. The first kappa shape index (κ1) is 27.1. The Bertz CT molecular complexity index is 1720. The van der Waals surface area contributed by atoms with E-state index in [1.165, 1.54) is 26.9 Å². The summed E-state index contributed by atoms with van der Waals surface area (Å²) < 4.78 is 17.2. The number of benzene rings is 3. The first-order valence-electron chi connectivity index (χ1n) is 12.5. The van der Waals surface area contributed by atoms with E-state index in [1.807, 2.05) is 25.4 Å². The lowest BCUT2D eigenvalue weighted by atomic mass is 10.0. The second-order valence-electron chi connectivity index (χ2n) is 9.35. The lowest BCUT2D eigenvalue weighted by molar-refractivity contribution is -0.279. The van der Waals surface area contributed by atoms with Crippen molar-refractivity contribution >= 4 is 51.4 Å². The molecule has 0 spiro atoms. The van der Waals surface area contributed by atoms with Gasteiger partial charge in [0.15, 0.2) is 18.6 Å². The van der Waals surface area contributed by atoms with Crippen LogP contribution in [0.4, 0.5) is 15.8 Å². The van der Waals surface area contributed by atoms with E-state index >= 15 is 0 Å². The summed E-state index contributed by atoms with van der Waals surface area (Å²) in [5.41, 5.74) is 3.18. The largest absolute Gasteiger partial charge is 0.325 e. The molecular weight excluding hydrogens is 574 g/mol. The summed E-state index contributed by atoms with van der Waals surface area (Å²) in [5.74, 6) is -0.748. The van der Waals surface area contributed by atoms with E-state index in [-0.39, 0.29) is 30.9 Å². The zero-order chi connectivity index (χ0) is 28.5.